The summed E-state index contributed by atoms with van der Waals surface area (Å²) in [7, 11) is 0. The highest BCUT2D eigenvalue weighted by Gasteiger charge is 2.14. The van der Waals surface area contributed by atoms with Gasteiger partial charge in [-0.25, -0.2) is 9.37 Å². The van der Waals surface area contributed by atoms with Gasteiger partial charge in [0.2, 0.25) is 5.89 Å². The fourth-order valence-corrected chi connectivity index (χ4v) is 1.66. The number of benzene rings is 1. The first kappa shape index (κ1) is 10.1. The standard InChI is InChI=1S/C10H6ClFN4O/c11-5-1-7-8(2-6(5)12)17-10(15-7)4-3-14-16-9(4)13/h1-3H,(H3,13,14,16). The van der Waals surface area contributed by atoms with Crippen LogP contribution in [0.1, 0.15) is 0 Å². The van der Waals surface area contributed by atoms with E-state index in [0.717, 1.165) is 0 Å². The van der Waals surface area contributed by atoms with Gasteiger partial charge < -0.3 is 10.2 Å². The molecule has 0 unspecified atom stereocenters. The smallest absolute Gasteiger partial charge is 0.232 e. The molecule has 5 nitrogen and oxygen atoms in total. The van der Waals surface area contributed by atoms with E-state index < -0.39 is 5.82 Å². The van der Waals surface area contributed by atoms with E-state index in [4.69, 9.17) is 21.8 Å². The Bertz CT molecular complexity index is 666. The van der Waals surface area contributed by atoms with E-state index in [1.54, 1.807) is 0 Å². The molecule has 3 N–H and O–H groups in total. The van der Waals surface area contributed by atoms with Gasteiger partial charge >= 0.3 is 0 Å². The van der Waals surface area contributed by atoms with Crippen molar-refractivity contribution < 1.29 is 8.81 Å². The number of aromatic nitrogens is 3. The minimum absolute atomic E-state index is 0.00230. The second kappa shape index (κ2) is 3.46. The van der Waals surface area contributed by atoms with Crippen LogP contribution < -0.4 is 5.73 Å². The lowest BCUT2D eigenvalue weighted by Gasteiger charge is -1.90. The summed E-state index contributed by atoms with van der Waals surface area (Å²) in [4.78, 5) is 4.16. The molecule has 0 amide bonds. The van der Waals surface area contributed by atoms with Crippen LogP contribution in [0.3, 0.4) is 0 Å². The predicted molar refractivity (Wildman–Crippen MR) is 61.0 cm³/mol. The molecule has 0 atom stereocenters. The Morgan fingerprint density at radius 2 is 2.24 bits per heavy atom. The molecule has 0 aliphatic heterocycles. The number of rotatable bonds is 1. The largest absolute Gasteiger partial charge is 0.436 e. The Morgan fingerprint density at radius 3 is 2.94 bits per heavy atom. The number of nitrogen functional groups attached to an aromatic ring is 1. The summed E-state index contributed by atoms with van der Waals surface area (Å²) in [5, 5.41) is 6.31. The van der Waals surface area contributed by atoms with Crippen molar-refractivity contribution in [3.05, 3.63) is 29.2 Å². The minimum Gasteiger partial charge on any atom is -0.436 e. The Balaban J connectivity index is 2.24. The lowest BCUT2D eigenvalue weighted by Crippen LogP contribution is -1.87. The monoisotopic (exact) mass is 252 g/mol. The van der Waals surface area contributed by atoms with Gasteiger partial charge in [0.15, 0.2) is 5.58 Å². The van der Waals surface area contributed by atoms with Crippen LogP contribution in [0.4, 0.5) is 10.2 Å². The average molecular weight is 253 g/mol. The molecule has 0 radical (unpaired) electrons. The van der Waals surface area contributed by atoms with E-state index in [-0.39, 0.29) is 10.9 Å². The quantitative estimate of drug-likeness (QED) is 0.697. The van der Waals surface area contributed by atoms with Crippen LogP contribution in [-0.2, 0) is 0 Å². The van der Waals surface area contributed by atoms with Crippen molar-refractivity contribution in [2.45, 2.75) is 0 Å². The van der Waals surface area contributed by atoms with Gasteiger partial charge in [-0.15, -0.1) is 0 Å². The van der Waals surface area contributed by atoms with E-state index in [1.807, 2.05) is 0 Å². The molecule has 17 heavy (non-hydrogen) atoms. The lowest BCUT2D eigenvalue weighted by atomic mass is 10.3. The number of hydrogen-bond donors (Lipinski definition) is 2. The van der Waals surface area contributed by atoms with Crippen molar-refractivity contribution in [1.82, 2.24) is 15.2 Å². The van der Waals surface area contributed by atoms with Gasteiger partial charge in [-0.2, -0.15) is 5.10 Å². The molecule has 1 aromatic carbocycles. The number of oxazole rings is 1. The third-order valence-electron chi connectivity index (χ3n) is 2.33. The van der Waals surface area contributed by atoms with E-state index in [1.165, 1.54) is 18.3 Å². The number of halogens is 2. The van der Waals surface area contributed by atoms with Gasteiger partial charge in [-0.3, -0.25) is 5.10 Å². The predicted octanol–water partition coefficient (Wildman–Crippen LogP) is 2.59. The fraction of sp³-hybridized carbons (Fsp3) is 0. The van der Waals surface area contributed by atoms with E-state index in [2.05, 4.69) is 15.2 Å². The van der Waals surface area contributed by atoms with Crippen molar-refractivity contribution in [3.63, 3.8) is 0 Å². The zero-order chi connectivity index (χ0) is 12.0. The number of fused-ring (bicyclic) bond motifs is 1. The van der Waals surface area contributed by atoms with Crippen molar-refractivity contribution >= 4 is 28.5 Å². The zero-order valence-electron chi connectivity index (χ0n) is 8.37. The van der Waals surface area contributed by atoms with Gasteiger partial charge in [0, 0.05) is 6.07 Å². The molecular formula is C10H6ClFN4O. The van der Waals surface area contributed by atoms with Crippen LogP contribution in [0.25, 0.3) is 22.6 Å². The average Bonchev–Trinajstić information content (AvgIpc) is 2.85. The molecule has 7 heteroatoms. The lowest BCUT2D eigenvalue weighted by molar-refractivity contribution is 0.603. The number of nitrogens with one attached hydrogen (secondary N) is 1. The molecule has 3 rings (SSSR count). The summed E-state index contributed by atoms with van der Waals surface area (Å²) in [6.45, 7) is 0. The summed E-state index contributed by atoms with van der Waals surface area (Å²) in [5.74, 6) is 0.0538. The third kappa shape index (κ3) is 1.53. The molecule has 2 aromatic heterocycles. The number of H-pyrrole nitrogens is 1. The van der Waals surface area contributed by atoms with Crippen molar-refractivity contribution in [2.24, 2.45) is 0 Å². The zero-order valence-corrected chi connectivity index (χ0v) is 9.12. The Hall–Kier alpha value is -2.08. The normalized spacial score (nSPS) is 11.2. The Labute approximate surface area is 99.4 Å². The van der Waals surface area contributed by atoms with Crippen molar-refractivity contribution in [2.75, 3.05) is 5.73 Å². The summed E-state index contributed by atoms with van der Waals surface area (Å²) < 4.78 is 18.6. The van der Waals surface area contributed by atoms with Gasteiger partial charge in [-0.1, -0.05) is 11.6 Å². The number of anilines is 1. The third-order valence-corrected chi connectivity index (χ3v) is 2.62. The topological polar surface area (TPSA) is 80.7 Å². The Morgan fingerprint density at radius 1 is 1.41 bits per heavy atom. The molecule has 0 saturated carbocycles. The molecule has 86 valence electrons. The second-order valence-electron chi connectivity index (χ2n) is 3.45. The van der Waals surface area contributed by atoms with Crippen LogP contribution in [0.5, 0.6) is 0 Å². The van der Waals surface area contributed by atoms with Crippen molar-refractivity contribution in [3.8, 4) is 11.5 Å². The number of aromatic amines is 1. The summed E-state index contributed by atoms with van der Waals surface area (Å²) in [6, 6.07) is 2.58. The molecule has 0 fully saturated rings. The van der Waals surface area contributed by atoms with Gasteiger partial charge in [0.25, 0.3) is 0 Å². The summed E-state index contributed by atoms with van der Waals surface area (Å²) in [6.07, 6.45) is 1.48. The summed E-state index contributed by atoms with van der Waals surface area (Å²) in [5.41, 5.74) is 6.93. The maximum atomic E-state index is 13.2. The summed E-state index contributed by atoms with van der Waals surface area (Å²) >= 11 is 5.65. The van der Waals surface area contributed by atoms with Crippen LogP contribution in [0.15, 0.2) is 22.7 Å². The maximum absolute atomic E-state index is 13.2. The first-order valence-electron chi connectivity index (χ1n) is 4.70. The highest BCUT2D eigenvalue weighted by atomic mass is 35.5. The minimum atomic E-state index is -0.554. The fourth-order valence-electron chi connectivity index (χ4n) is 1.51. The first-order valence-corrected chi connectivity index (χ1v) is 5.08. The van der Waals surface area contributed by atoms with Gasteiger partial charge in [-0.05, 0) is 6.07 Å². The van der Waals surface area contributed by atoms with Gasteiger partial charge in [0.1, 0.15) is 17.2 Å². The van der Waals surface area contributed by atoms with Crippen LogP contribution in [-0.4, -0.2) is 15.2 Å². The van der Waals surface area contributed by atoms with Crippen molar-refractivity contribution in [1.29, 1.82) is 0 Å². The molecule has 0 bridgehead atoms. The highest BCUT2D eigenvalue weighted by molar-refractivity contribution is 6.31. The highest BCUT2D eigenvalue weighted by Crippen LogP contribution is 2.29. The second-order valence-corrected chi connectivity index (χ2v) is 3.86. The van der Waals surface area contributed by atoms with E-state index >= 15 is 0 Å². The first-order chi connectivity index (χ1) is 8.15. The van der Waals surface area contributed by atoms with Gasteiger partial charge in [0.05, 0.1) is 16.8 Å². The molecule has 0 aliphatic rings. The van der Waals surface area contributed by atoms with E-state index in [9.17, 15) is 4.39 Å². The van der Waals surface area contributed by atoms with Crippen LogP contribution in [0, 0.1) is 5.82 Å². The van der Waals surface area contributed by atoms with E-state index in [0.29, 0.717) is 22.5 Å². The number of nitrogens with two attached hydrogens (primary N) is 1. The number of nitrogens with zero attached hydrogens (tertiary/aromatic N) is 2. The molecule has 3 aromatic rings. The van der Waals surface area contributed by atoms with Crippen LogP contribution >= 0.6 is 11.6 Å². The van der Waals surface area contributed by atoms with Crippen LogP contribution in [0.2, 0.25) is 5.02 Å². The molecule has 2 heterocycles. The molecule has 0 spiro atoms. The SMILES string of the molecule is Nc1[nH]ncc1-c1nc2cc(Cl)c(F)cc2o1. The maximum Gasteiger partial charge on any atom is 0.232 e. The molecular weight excluding hydrogens is 247 g/mol. The number of hydrogen-bond acceptors (Lipinski definition) is 4. The molecule has 0 aliphatic carbocycles. The Kier molecular flexibility index (Phi) is 2.05. The molecule has 0 saturated heterocycles.